The van der Waals surface area contributed by atoms with Crippen molar-refractivity contribution in [3.05, 3.63) is 33.8 Å². The van der Waals surface area contributed by atoms with Crippen LogP contribution in [0.4, 0.5) is 0 Å². The highest BCUT2D eigenvalue weighted by molar-refractivity contribution is 6.42. The average Bonchev–Trinajstić information content (AvgIpc) is 3.37. The second-order valence-corrected chi connectivity index (χ2v) is 9.50. The molecule has 1 aromatic carbocycles. The van der Waals surface area contributed by atoms with Gasteiger partial charge in [-0.25, -0.2) is 0 Å². The van der Waals surface area contributed by atoms with Gasteiger partial charge in [-0.3, -0.25) is 9.69 Å². The highest BCUT2D eigenvalue weighted by Crippen LogP contribution is 2.42. The molecule has 1 saturated carbocycles. The van der Waals surface area contributed by atoms with E-state index >= 15 is 0 Å². The molecule has 0 bridgehead atoms. The van der Waals surface area contributed by atoms with E-state index in [1.165, 1.54) is 12.8 Å². The number of halogens is 2. The summed E-state index contributed by atoms with van der Waals surface area (Å²) in [6.07, 6.45) is 8.36. The lowest BCUT2D eigenvalue weighted by Crippen LogP contribution is -2.58. The molecule has 1 aliphatic carbocycles. The second kappa shape index (κ2) is 8.51. The number of likely N-dealkylation sites (tertiary alicyclic amines) is 1. The van der Waals surface area contributed by atoms with Gasteiger partial charge >= 0.3 is 0 Å². The van der Waals surface area contributed by atoms with Crippen molar-refractivity contribution in [2.75, 3.05) is 26.7 Å². The van der Waals surface area contributed by atoms with Crippen LogP contribution in [0.3, 0.4) is 0 Å². The number of rotatable bonds is 4. The first-order chi connectivity index (χ1) is 13.5. The Morgan fingerprint density at radius 3 is 2.68 bits per heavy atom. The van der Waals surface area contributed by atoms with E-state index in [1.807, 2.05) is 18.0 Å². The van der Waals surface area contributed by atoms with Crippen molar-refractivity contribution in [2.24, 2.45) is 0 Å². The third kappa shape index (κ3) is 4.21. The largest absolute Gasteiger partial charge is 0.375 e. The summed E-state index contributed by atoms with van der Waals surface area (Å²) in [6, 6.07) is 6.11. The molecule has 1 spiro atoms. The zero-order valence-electron chi connectivity index (χ0n) is 16.6. The first-order valence-corrected chi connectivity index (χ1v) is 11.3. The topological polar surface area (TPSA) is 32.8 Å². The van der Waals surface area contributed by atoms with Gasteiger partial charge in [0.1, 0.15) is 0 Å². The fourth-order valence-corrected chi connectivity index (χ4v) is 5.68. The van der Waals surface area contributed by atoms with Gasteiger partial charge in [0.2, 0.25) is 5.91 Å². The lowest BCUT2D eigenvalue weighted by Gasteiger charge is -2.48. The molecular formula is C22H30Cl2N2O2. The fraction of sp³-hybridized carbons (Fsp3) is 0.682. The normalized spacial score (nSPS) is 30.8. The Balaban J connectivity index is 1.50. The Kier molecular flexibility index (Phi) is 6.22. The maximum Gasteiger partial charge on any atom is 0.227 e. The Morgan fingerprint density at radius 2 is 2.00 bits per heavy atom. The minimum absolute atomic E-state index is 0.0149. The molecule has 4 rings (SSSR count). The van der Waals surface area contributed by atoms with Gasteiger partial charge < -0.3 is 9.64 Å². The van der Waals surface area contributed by atoms with Crippen LogP contribution in [0.5, 0.6) is 0 Å². The monoisotopic (exact) mass is 424 g/mol. The number of nitrogens with zero attached hydrogens (tertiary/aromatic N) is 2. The molecule has 3 aliphatic rings. The molecule has 2 aliphatic heterocycles. The molecule has 0 aromatic heterocycles. The van der Waals surface area contributed by atoms with Gasteiger partial charge in [0, 0.05) is 25.7 Å². The molecule has 2 saturated heterocycles. The van der Waals surface area contributed by atoms with Crippen molar-refractivity contribution in [2.45, 2.75) is 69.1 Å². The van der Waals surface area contributed by atoms with E-state index in [0.29, 0.717) is 22.5 Å². The summed E-state index contributed by atoms with van der Waals surface area (Å²) in [5, 5.41) is 1.02. The van der Waals surface area contributed by atoms with Crippen molar-refractivity contribution in [1.29, 1.82) is 0 Å². The van der Waals surface area contributed by atoms with E-state index in [4.69, 9.17) is 27.9 Å². The van der Waals surface area contributed by atoms with Gasteiger partial charge in [-0.15, -0.1) is 0 Å². The summed E-state index contributed by atoms with van der Waals surface area (Å²) >= 11 is 12.2. The number of carbonyl (C=O) groups is 1. The van der Waals surface area contributed by atoms with E-state index in [1.54, 1.807) is 12.1 Å². The minimum Gasteiger partial charge on any atom is -0.375 e. The van der Waals surface area contributed by atoms with E-state index in [9.17, 15) is 4.79 Å². The molecule has 2 heterocycles. The van der Waals surface area contributed by atoms with E-state index < -0.39 is 0 Å². The van der Waals surface area contributed by atoms with Crippen molar-refractivity contribution in [3.8, 4) is 0 Å². The van der Waals surface area contributed by atoms with Gasteiger partial charge in [-0.1, -0.05) is 29.3 Å². The molecule has 3 unspecified atom stereocenters. The molecule has 1 aromatic rings. The van der Waals surface area contributed by atoms with Crippen LogP contribution < -0.4 is 0 Å². The van der Waals surface area contributed by atoms with Gasteiger partial charge in [0.05, 0.1) is 22.1 Å². The van der Waals surface area contributed by atoms with Crippen LogP contribution in [0.1, 0.15) is 50.5 Å². The van der Waals surface area contributed by atoms with Gasteiger partial charge in [0.15, 0.2) is 0 Å². The number of amides is 1. The predicted octanol–water partition coefficient (Wildman–Crippen LogP) is 4.56. The zero-order chi connectivity index (χ0) is 19.7. The van der Waals surface area contributed by atoms with Crippen LogP contribution in [0, 0.1) is 0 Å². The molecule has 0 radical (unpaired) electrons. The van der Waals surface area contributed by atoms with E-state index in [0.717, 1.165) is 57.4 Å². The third-order valence-corrected chi connectivity index (χ3v) is 7.68. The van der Waals surface area contributed by atoms with Crippen LogP contribution in [0.2, 0.25) is 10.0 Å². The molecule has 0 N–H and O–H groups in total. The number of hydrogen-bond donors (Lipinski definition) is 0. The molecule has 3 atom stereocenters. The summed E-state index contributed by atoms with van der Waals surface area (Å²) in [5.41, 5.74) is 0.894. The predicted molar refractivity (Wildman–Crippen MR) is 113 cm³/mol. The summed E-state index contributed by atoms with van der Waals surface area (Å²) in [7, 11) is 1.97. The summed E-state index contributed by atoms with van der Waals surface area (Å²) in [5.74, 6) is 0.141. The Bertz CT molecular complexity index is 714. The zero-order valence-corrected chi connectivity index (χ0v) is 18.1. The molecule has 6 heteroatoms. The van der Waals surface area contributed by atoms with E-state index in [2.05, 4.69) is 4.90 Å². The fourth-order valence-electron chi connectivity index (χ4n) is 5.36. The quantitative estimate of drug-likeness (QED) is 0.709. The lowest BCUT2D eigenvalue weighted by molar-refractivity contribution is -0.137. The number of ether oxygens (including phenoxy) is 1. The average molecular weight is 425 g/mol. The number of benzene rings is 1. The van der Waals surface area contributed by atoms with Crippen LogP contribution in [0.25, 0.3) is 0 Å². The second-order valence-electron chi connectivity index (χ2n) is 8.69. The smallest absolute Gasteiger partial charge is 0.227 e. The standard InChI is InChI=1S/C22H30Cl2N2O2/c1-25(21(27)14-16-5-6-17(23)18(24)13-16)20-15-22(8-4-12-28-22)9-7-19(20)26-10-2-3-11-26/h5-6,13,19-20H,2-4,7-12,14-15H2,1H3. The lowest BCUT2D eigenvalue weighted by atomic mass is 9.76. The molecular weight excluding hydrogens is 395 g/mol. The Labute approximate surface area is 178 Å². The highest BCUT2D eigenvalue weighted by Gasteiger charge is 2.47. The van der Waals surface area contributed by atoms with Crippen molar-refractivity contribution in [1.82, 2.24) is 9.80 Å². The molecule has 154 valence electrons. The van der Waals surface area contributed by atoms with Crippen molar-refractivity contribution >= 4 is 29.1 Å². The summed E-state index contributed by atoms with van der Waals surface area (Å²) < 4.78 is 6.21. The van der Waals surface area contributed by atoms with Crippen LogP contribution >= 0.6 is 23.2 Å². The van der Waals surface area contributed by atoms with Crippen LogP contribution in [-0.2, 0) is 16.0 Å². The van der Waals surface area contributed by atoms with Gasteiger partial charge in [-0.2, -0.15) is 0 Å². The SMILES string of the molecule is CN(C(=O)Cc1ccc(Cl)c(Cl)c1)C1CC2(CCCO2)CCC1N1CCCC1. The van der Waals surface area contributed by atoms with Crippen LogP contribution in [-0.4, -0.2) is 60.1 Å². The van der Waals surface area contributed by atoms with Crippen LogP contribution in [0.15, 0.2) is 18.2 Å². The van der Waals surface area contributed by atoms with Gasteiger partial charge in [0.25, 0.3) is 0 Å². The highest BCUT2D eigenvalue weighted by atomic mass is 35.5. The van der Waals surface area contributed by atoms with Crippen molar-refractivity contribution < 1.29 is 9.53 Å². The first-order valence-electron chi connectivity index (χ1n) is 10.6. The van der Waals surface area contributed by atoms with E-state index in [-0.39, 0.29) is 17.6 Å². The molecule has 4 nitrogen and oxygen atoms in total. The van der Waals surface area contributed by atoms with Crippen molar-refractivity contribution in [3.63, 3.8) is 0 Å². The third-order valence-electron chi connectivity index (χ3n) is 6.95. The number of likely N-dealkylation sites (N-methyl/N-ethyl adjacent to an activating group) is 1. The number of hydrogen-bond acceptors (Lipinski definition) is 3. The molecule has 3 fully saturated rings. The van der Waals surface area contributed by atoms with Gasteiger partial charge in [-0.05, 0) is 75.7 Å². The summed E-state index contributed by atoms with van der Waals surface area (Å²) in [4.78, 5) is 17.8. The Hall–Kier alpha value is -0.810. The minimum atomic E-state index is -0.0149. The maximum atomic E-state index is 13.2. The maximum absolute atomic E-state index is 13.2. The summed E-state index contributed by atoms with van der Waals surface area (Å²) in [6.45, 7) is 3.18. The molecule has 1 amide bonds. The molecule has 28 heavy (non-hydrogen) atoms. The first kappa shape index (κ1) is 20.5. The Morgan fingerprint density at radius 1 is 1.21 bits per heavy atom. The number of carbonyl (C=O) groups excluding carboxylic acids is 1.